The van der Waals surface area contributed by atoms with Gasteiger partial charge in [0.05, 0.1) is 6.10 Å². The molecule has 5 aliphatic carbocycles. The molecular weight excluding hydrogens is 376 g/mol. The number of hydrogen-bond donors (Lipinski definition) is 1. The van der Waals surface area contributed by atoms with E-state index in [9.17, 15) is 5.11 Å². The molecule has 5 rings (SSSR count). The Labute approximate surface area is 192 Å². The molecule has 10 atom stereocenters. The molecule has 0 saturated heterocycles. The lowest BCUT2D eigenvalue weighted by atomic mass is 9.32. The molecule has 176 valence electrons. The minimum absolute atomic E-state index is 0.0632. The first-order valence-electron chi connectivity index (χ1n) is 13.6. The van der Waals surface area contributed by atoms with Crippen molar-refractivity contribution in [3.05, 3.63) is 12.2 Å². The molecule has 0 bridgehead atoms. The van der Waals surface area contributed by atoms with E-state index in [1.54, 1.807) is 0 Å². The molecule has 5 aliphatic rings. The fourth-order valence-corrected chi connectivity index (χ4v) is 11.5. The quantitative estimate of drug-likeness (QED) is 0.421. The summed E-state index contributed by atoms with van der Waals surface area (Å²) in [5, 5.41) is 10.9. The van der Waals surface area contributed by atoms with Crippen molar-refractivity contribution in [1.82, 2.24) is 0 Å². The van der Waals surface area contributed by atoms with Gasteiger partial charge < -0.3 is 5.11 Å². The van der Waals surface area contributed by atoms with E-state index in [-0.39, 0.29) is 11.5 Å². The van der Waals surface area contributed by atoms with E-state index in [0.717, 1.165) is 30.1 Å². The first kappa shape index (κ1) is 22.5. The van der Waals surface area contributed by atoms with E-state index in [4.69, 9.17) is 0 Å². The molecule has 0 aliphatic heterocycles. The average Bonchev–Trinajstić information content (AvgIpc) is 3.04. The highest BCUT2D eigenvalue weighted by Gasteiger charge is 2.70. The third-order valence-corrected chi connectivity index (χ3v) is 13.5. The maximum absolute atomic E-state index is 10.9. The molecule has 0 unspecified atom stereocenters. The second kappa shape index (κ2) is 6.64. The Morgan fingerprint density at radius 2 is 1.45 bits per heavy atom. The van der Waals surface area contributed by atoms with Gasteiger partial charge in [0, 0.05) is 0 Å². The predicted molar refractivity (Wildman–Crippen MR) is 131 cm³/mol. The second-order valence-electron chi connectivity index (χ2n) is 14.7. The van der Waals surface area contributed by atoms with Crippen molar-refractivity contribution in [2.45, 2.75) is 119 Å². The lowest BCUT2D eigenvalue weighted by molar-refractivity contribution is -0.246. The summed E-state index contributed by atoms with van der Waals surface area (Å²) >= 11 is 0. The van der Waals surface area contributed by atoms with Crippen LogP contribution in [0.4, 0.5) is 0 Å². The van der Waals surface area contributed by atoms with Crippen LogP contribution in [0.5, 0.6) is 0 Å². The normalized spacial score (nSPS) is 57.9. The van der Waals surface area contributed by atoms with Crippen LogP contribution >= 0.6 is 0 Å². The topological polar surface area (TPSA) is 20.2 Å². The molecule has 1 N–H and O–H groups in total. The fourth-order valence-electron chi connectivity index (χ4n) is 11.5. The van der Waals surface area contributed by atoms with Gasteiger partial charge in [0.1, 0.15) is 0 Å². The number of aliphatic hydroxyl groups is 1. The van der Waals surface area contributed by atoms with Crippen molar-refractivity contribution in [3.8, 4) is 0 Å². The van der Waals surface area contributed by atoms with Gasteiger partial charge in [0.2, 0.25) is 0 Å². The molecule has 31 heavy (non-hydrogen) atoms. The molecule has 0 aromatic rings. The van der Waals surface area contributed by atoms with Gasteiger partial charge in [-0.15, -0.1) is 0 Å². The molecule has 0 radical (unpaired) electrons. The van der Waals surface area contributed by atoms with Crippen LogP contribution in [0.2, 0.25) is 0 Å². The largest absolute Gasteiger partial charge is 0.393 e. The van der Waals surface area contributed by atoms with Crippen LogP contribution in [0.3, 0.4) is 0 Å². The summed E-state index contributed by atoms with van der Waals surface area (Å²) < 4.78 is 0. The van der Waals surface area contributed by atoms with Crippen molar-refractivity contribution in [3.63, 3.8) is 0 Å². The van der Waals surface area contributed by atoms with Crippen molar-refractivity contribution in [2.75, 3.05) is 0 Å². The van der Waals surface area contributed by atoms with Crippen LogP contribution in [-0.4, -0.2) is 11.2 Å². The summed E-state index contributed by atoms with van der Waals surface area (Å²) in [5.74, 6) is 3.98. The Bertz CT molecular complexity index is 766. The Morgan fingerprint density at radius 1 is 0.742 bits per heavy atom. The highest BCUT2D eigenvalue weighted by molar-refractivity contribution is 5.21. The van der Waals surface area contributed by atoms with Crippen LogP contribution in [-0.2, 0) is 0 Å². The van der Waals surface area contributed by atoms with Crippen molar-refractivity contribution >= 4 is 0 Å². The third kappa shape index (κ3) is 2.65. The van der Waals surface area contributed by atoms with Gasteiger partial charge in [-0.1, -0.05) is 53.7 Å². The van der Waals surface area contributed by atoms with E-state index < -0.39 is 0 Å². The predicted octanol–water partition coefficient (Wildman–Crippen LogP) is 8.02. The molecule has 5 fully saturated rings. The molecule has 0 aromatic carbocycles. The lowest BCUT2D eigenvalue weighted by Gasteiger charge is -2.73. The molecule has 1 nitrogen and oxygen atoms in total. The van der Waals surface area contributed by atoms with E-state index in [1.165, 1.54) is 63.4 Å². The minimum Gasteiger partial charge on any atom is -0.393 e. The fraction of sp³-hybridized carbons (Fsp3) is 0.933. The van der Waals surface area contributed by atoms with Crippen molar-refractivity contribution in [2.24, 2.45) is 56.7 Å². The zero-order valence-electron chi connectivity index (χ0n) is 21.7. The van der Waals surface area contributed by atoms with E-state index >= 15 is 0 Å². The van der Waals surface area contributed by atoms with Gasteiger partial charge in [-0.25, -0.2) is 0 Å². The van der Waals surface area contributed by atoms with E-state index in [0.29, 0.717) is 27.6 Å². The summed E-state index contributed by atoms with van der Waals surface area (Å²) in [6, 6.07) is 0. The Hall–Kier alpha value is -0.300. The SMILES string of the molecule is C=C(C)[C@@H]1CC[C@]2(C)CC[C@]3(C)[C@H](CC[C@@H]4[C@@]5(C)CC[C@@H](O)C(C)(C)[C@H]5CC[C@]43C)[C@@H]12. The molecule has 0 spiro atoms. The summed E-state index contributed by atoms with van der Waals surface area (Å²) in [4.78, 5) is 0. The van der Waals surface area contributed by atoms with Gasteiger partial charge in [-0.3, -0.25) is 0 Å². The molecule has 0 heterocycles. The highest BCUT2D eigenvalue weighted by Crippen LogP contribution is 2.77. The first-order chi connectivity index (χ1) is 14.3. The van der Waals surface area contributed by atoms with Gasteiger partial charge in [0.25, 0.3) is 0 Å². The summed E-state index contributed by atoms with van der Waals surface area (Å²) in [5.41, 5.74) is 3.38. The van der Waals surface area contributed by atoms with E-state index in [1.807, 2.05) is 0 Å². The molecule has 0 amide bonds. The molecule has 1 heteroatoms. The maximum atomic E-state index is 10.9. The van der Waals surface area contributed by atoms with Gasteiger partial charge in [-0.2, -0.15) is 0 Å². The monoisotopic (exact) mass is 426 g/mol. The van der Waals surface area contributed by atoms with Gasteiger partial charge in [-0.05, 0) is 128 Å². The Kier molecular flexibility index (Phi) is 4.82. The highest BCUT2D eigenvalue weighted by atomic mass is 16.3. The number of hydrogen-bond acceptors (Lipinski definition) is 1. The van der Waals surface area contributed by atoms with E-state index in [2.05, 4.69) is 55.0 Å². The number of allylic oxidation sites excluding steroid dienone is 1. The first-order valence-corrected chi connectivity index (χ1v) is 13.6. The Morgan fingerprint density at radius 3 is 2.13 bits per heavy atom. The maximum Gasteiger partial charge on any atom is 0.0594 e. The van der Waals surface area contributed by atoms with Crippen LogP contribution in [0.15, 0.2) is 12.2 Å². The lowest BCUT2D eigenvalue weighted by Crippen LogP contribution is -2.66. The zero-order chi connectivity index (χ0) is 22.6. The average molecular weight is 427 g/mol. The summed E-state index contributed by atoms with van der Waals surface area (Å²) in [6.07, 6.45) is 13.4. The smallest absolute Gasteiger partial charge is 0.0594 e. The standard InChI is InChI=1S/C30H50O/c1-19(2)20-11-14-27(5)17-18-29(7)21(25(20)27)9-10-23-28(6)15-13-24(31)26(3,4)22(28)12-16-30(23,29)8/h20-25,31H,1,9-18H2,2-8H3/t20-,21+,22+,23+,24+,25+,27+,28-,29+,30+/m0/s1. The number of rotatable bonds is 1. The van der Waals surface area contributed by atoms with Crippen molar-refractivity contribution < 1.29 is 5.11 Å². The van der Waals surface area contributed by atoms with Crippen LogP contribution in [0, 0.1) is 56.7 Å². The summed E-state index contributed by atoms with van der Waals surface area (Å²) in [7, 11) is 0. The minimum atomic E-state index is -0.118. The van der Waals surface area contributed by atoms with Crippen molar-refractivity contribution in [1.29, 1.82) is 0 Å². The van der Waals surface area contributed by atoms with Gasteiger partial charge >= 0.3 is 0 Å². The zero-order valence-corrected chi connectivity index (χ0v) is 21.7. The van der Waals surface area contributed by atoms with Gasteiger partial charge in [0.15, 0.2) is 0 Å². The van der Waals surface area contributed by atoms with Crippen LogP contribution in [0.1, 0.15) is 113 Å². The summed E-state index contributed by atoms with van der Waals surface area (Å²) in [6.45, 7) is 22.3. The van der Waals surface area contributed by atoms with Crippen LogP contribution in [0.25, 0.3) is 0 Å². The second-order valence-corrected chi connectivity index (χ2v) is 14.7. The van der Waals surface area contributed by atoms with Crippen LogP contribution < -0.4 is 0 Å². The Balaban J connectivity index is 1.54. The number of aliphatic hydroxyl groups excluding tert-OH is 1. The number of fused-ring (bicyclic) bond motifs is 7. The molecular formula is C30H50O. The molecule has 5 saturated carbocycles. The molecule has 0 aromatic heterocycles. The third-order valence-electron chi connectivity index (χ3n) is 13.5.